The summed E-state index contributed by atoms with van der Waals surface area (Å²) in [6.45, 7) is -0.187. The van der Waals surface area contributed by atoms with Gasteiger partial charge in [-0.05, 0) is 18.2 Å². The standard InChI is InChI=1S/C17H15N3O6/c21-8-7-18-13-6-5-11(20(23)24)9-12(13)17(22)25-10-16-19-14-3-1-2-4-15(14)26-16/h1-6,9,18,21H,7-8,10H2. The Hall–Kier alpha value is -3.46. The SMILES string of the molecule is O=C(OCc1nc2ccccc2o1)c1cc([N+](=O)[O-])ccc1NCCO. The van der Waals surface area contributed by atoms with E-state index in [1.807, 2.05) is 6.07 Å². The number of nitrogens with zero attached hydrogens (tertiary/aromatic N) is 2. The molecule has 26 heavy (non-hydrogen) atoms. The van der Waals surface area contributed by atoms with E-state index in [-0.39, 0.29) is 36.9 Å². The number of carbonyl (C=O) groups is 1. The predicted molar refractivity (Wildman–Crippen MR) is 91.8 cm³/mol. The molecular weight excluding hydrogens is 342 g/mol. The number of ether oxygens (including phenoxy) is 1. The second-order valence-corrected chi connectivity index (χ2v) is 5.29. The molecule has 0 bridgehead atoms. The van der Waals surface area contributed by atoms with E-state index in [9.17, 15) is 14.9 Å². The Morgan fingerprint density at radius 2 is 2.12 bits per heavy atom. The summed E-state index contributed by atoms with van der Waals surface area (Å²) in [5.41, 5.74) is 1.28. The molecule has 0 aliphatic rings. The number of non-ortho nitro benzene ring substituents is 1. The van der Waals surface area contributed by atoms with Gasteiger partial charge < -0.3 is 19.6 Å². The van der Waals surface area contributed by atoms with E-state index in [4.69, 9.17) is 14.3 Å². The zero-order valence-corrected chi connectivity index (χ0v) is 13.5. The third-order valence-corrected chi connectivity index (χ3v) is 3.53. The summed E-state index contributed by atoms with van der Waals surface area (Å²) in [7, 11) is 0. The highest BCUT2D eigenvalue weighted by atomic mass is 16.6. The summed E-state index contributed by atoms with van der Waals surface area (Å²) in [6.07, 6.45) is 0. The molecule has 9 heteroatoms. The number of oxazole rings is 1. The molecule has 0 saturated carbocycles. The fraction of sp³-hybridized carbons (Fsp3) is 0.176. The predicted octanol–water partition coefficient (Wildman–Crippen LogP) is 2.50. The van der Waals surface area contributed by atoms with Crippen LogP contribution in [0, 0.1) is 10.1 Å². The van der Waals surface area contributed by atoms with Crippen molar-refractivity contribution in [3.63, 3.8) is 0 Å². The van der Waals surface area contributed by atoms with E-state index < -0.39 is 10.9 Å². The van der Waals surface area contributed by atoms with Crippen molar-refractivity contribution in [3.8, 4) is 0 Å². The summed E-state index contributed by atoms with van der Waals surface area (Å²) in [5.74, 6) is -0.550. The molecule has 3 aromatic rings. The third kappa shape index (κ3) is 3.78. The maximum atomic E-state index is 12.4. The van der Waals surface area contributed by atoms with Crippen molar-refractivity contribution < 1.29 is 24.0 Å². The van der Waals surface area contributed by atoms with Gasteiger partial charge in [-0.2, -0.15) is 0 Å². The number of para-hydroxylation sites is 2. The number of anilines is 1. The van der Waals surface area contributed by atoms with Crippen LogP contribution in [0.5, 0.6) is 0 Å². The maximum Gasteiger partial charge on any atom is 0.341 e. The van der Waals surface area contributed by atoms with Gasteiger partial charge in [0.05, 0.1) is 17.1 Å². The van der Waals surface area contributed by atoms with Crippen LogP contribution in [0.3, 0.4) is 0 Å². The van der Waals surface area contributed by atoms with Crippen molar-refractivity contribution in [1.29, 1.82) is 0 Å². The van der Waals surface area contributed by atoms with Crippen LogP contribution in [-0.4, -0.2) is 34.1 Å². The molecule has 0 atom stereocenters. The Bertz CT molecular complexity index is 920. The molecule has 0 aliphatic heterocycles. The number of hydrogen-bond donors (Lipinski definition) is 2. The minimum atomic E-state index is -0.767. The van der Waals surface area contributed by atoms with Crippen LogP contribution in [0.2, 0.25) is 0 Å². The molecule has 134 valence electrons. The zero-order chi connectivity index (χ0) is 18.5. The van der Waals surface area contributed by atoms with Gasteiger partial charge >= 0.3 is 5.97 Å². The van der Waals surface area contributed by atoms with Gasteiger partial charge in [-0.15, -0.1) is 0 Å². The average Bonchev–Trinajstić information content (AvgIpc) is 3.07. The molecule has 1 heterocycles. The van der Waals surface area contributed by atoms with E-state index in [0.717, 1.165) is 6.07 Å². The van der Waals surface area contributed by atoms with E-state index in [1.165, 1.54) is 12.1 Å². The Balaban J connectivity index is 1.78. The molecule has 0 spiro atoms. The van der Waals surface area contributed by atoms with Crippen molar-refractivity contribution in [3.05, 3.63) is 64.0 Å². The second-order valence-electron chi connectivity index (χ2n) is 5.29. The lowest BCUT2D eigenvalue weighted by molar-refractivity contribution is -0.384. The number of aliphatic hydroxyl groups excluding tert-OH is 1. The molecule has 2 N–H and O–H groups in total. The number of esters is 1. The summed E-state index contributed by atoms with van der Waals surface area (Å²) < 4.78 is 10.6. The highest BCUT2D eigenvalue weighted by Gasteiger charge is 2.19. The number of rotatable bonds is 7. The molecule has 0 amide bonds. The van der Waals surface area contributed by atoms with E-state index >= 15 is 0 Å². The topological polar surface area (TPSA) is 128 Å². The van der Waals surface area contributed by atoms with Crippen LogP contribution in [0.15, 0.2) is 46.9 Å². The molecule has 0 unspecified atom stereocenters. The minimum absolute atomic E-state index is 0.0104. The van der Waals surface area contributed by atoms with Crippen LogP contribution in [0.4, 0.5) is 11.4 Å². The van der Waals surface area contributed by atoms with Crippen molar-refractivity contribution >= 4 is 28.4 Å². The van der Waals surface area contributed by atoms with Crippen LogP contribution in [0.25, 0.3) is 11.1 Å². The van der Waals surface area contributed by atoms with Gasteiger partial charge in [-0.3, -0.25) is 10.1 Å². The largest absolute Gasteiger partial charge is 0.452 e. The van der Waals surface area contributed by atoms with Gasteiger partial charge in [0.2, 0.25) is 5.89 Å². The lowest BCUT2D eigenvalue weighted by atomic mass is 10.1. The Kier molecular flexibility index (Phi) is 5.09. The van der Waals surface area contributed by atoms with Crippen LogP contribution in [0.1, 0.15) is 16.2 Å². The van der Waals surface area contributed by atoms with Gasteiger partial charge in [0, 0.05) is 24.4 Å². The third-order valence-electron chi connectivity index (χ3n) is 3.53. The number of aromatic nitrogens is 1. The van der Waals surface area contributed by atoms with Crippen molar-refractivity contribution in [2.24, 2.45) is 0 Å². The van der Waals surface area contributed by atoms with Gasteiger partial charge in [0.1, 0.15) is 5.52 Å². The molecule has 0 radical (unpaired) electrons. The number of hydrogen-bond acceptors (Lipinski definition) is 8. The first-order valence-corrected chi connectivity index (χ1v) is 7.73. The van der Waals surface area contributed by atoms with Gasteiger partial charge in [-0.25, -0.2) is 9.78 Å². The molecule has 1 aromatic heterocycles. The van der Waals surface area contributed by atoms with E-state index in [0.29, 0.717) is 16.8 Å². The Labute approximate surface area is 147 Å². The Morgan fingerprint density at radius 3 is 2.85 bits per heavy atom. The number of nitro groups is 1. The monoisotopic (exact) mass is 357 g/mol. The van der Waals surface area contributed by atoms with Crippen molar-refractivity contribution in [2.75, 3.05) is 18.5 Å². The number of fused-ring (bicyclic) bond motifs is 1. The van der Waals surface area contributed by atoms with Crippen LogP contribution in [-0.2, 0) is 11.3 Å². The quantitative estimate of drug-likeness (QED) is 0.375. The highest BCUT2D eigenvalue weighted by Crippen LogP contribution is 2.23. The summed E-state index contributed by atoms with van der Waals surface area (Å²) >= 11 is 0. The number of carbonyl (C=O) groups excluding carboxylic acids is 1. The molecule has 0 fully saturated rings. The fourth-order valence-corrected chi connectivity index (χ4v) is 2.35. The van der Waals surface area contributed by atoms with E-state index in [1.54, 1.807) is 18.2 Å². The van der Waals surface area contributed by atoms with Crippen LogP contribution < -0.4 is 5.32 Å². The molecule has 3 rings (SSSR count). The smallest absolute Gasteiger partial charge is 0.341 e. The first kappa shape index (κ1) is 17.4. The lowest BCUT2D eigenvalue weighted by Crippen LogP contribution is -2.13. The van der Waals surface area contributed by atoms with E-state index in [2.05, 4.69) is 10.3 Å². The molecule has 2 aromatic carbocycles. The van der Waals surface area contributed by atoms with Gasteiger partial charge in [-0.1, -0.05) is 12.1 Å². The van der Waals surface area contributed by atoms with Gasteiger partial charge in [0.15, 0.2) is 12.2 Å². The van der Waals surface area contributed by atoms with Crippen LogP contribution >= 0.6 is 0 Å². The number of nitro benzene ring substituents is 1. The average molecular weight is 357 g/mol. The number of benzene rings is 2. The van der Waals surface area contributed by atoms with Crippen molar-refractivity contribution in [2.45, 2.75) is 6.61 Å². The first-order valence-electron chi connectivity index (χ1n) is 7.73. The summed E-state index contributed by atoms with van der Waals surface area (Å²) in [6, 6.07) is 10.9. The Morgan fingerprint density at radius 1 is 1.31 bits per heavy atom. The molecule has 0 aliphatic carbocycles. The minimum Gasteiger partial charge on any atom is -0.452 e. The molecule has 0 saturated heterocycles. The first-order chi connectivity index (χ1) is 12.6. The fourth-order valence-electron chi connectivity index (χ4n) is 2.35. The molecular formula is C17H15N3O6. The number of nitrogens with one attached hydrogen (secondary N) is 1. The highest BCUT2D eigenvalue weighted by molar-refractivity contribution is 5.96. The summed E-state index contributed by atoms with van der Waals surface area (Å²) in [5, 5.41) is 22.7. The maximum absolute atomic E-state index is 12.4. The second kappa shape index (κ2) is 7.62. The normalized spacial score (nSPS) is 10.7. The van der Waals surface area contributed by atoms with Gasteiger partial charge in [0.25, 0.3) is 5.69 Å². The van der Waals surface area contributed by atoms with Crippen molar-refractivity contribution in [1.82, 2.24) is 4.98 Å². The number of aliphatic hydroxyl groups is 1. The molecule has 9 nitrogen and oxygen atoms in total. The summed E-state index contributed by atoms with van der Waals surface area (Å²) in [4.78, 5) is 26.9. The lowest BCUT2D eigenvalue weighted by Gasteiger charge is -2.10. The zero-order valence-electron chi connectivity index (χ0n) is 13.5.